The maximum absolute atomic E-state index is 4.69. The van der Waals surface area contributed by atoms with Gasteiger partial charge in [0.1, 0.15) is 17.0 Å². The molecule has 110 valence electrons. The molecule has 0 fully saturated rings. The van der Waals surface area contributed by atoms with Gasteiger partial charge in [0.05, 0.1) is 11.8 Å². The molecule has 6 nitrogen and oxygen atoms in total. The maximum Gasteiger partial charge on any atom is 0.177 e. The first-order valence-corrected chi connectivity index (χ1v) is 7.12. The van der Waals surface area contributed by atoms with E-state index in [9.17, 15) is 0 Å². The van der Waals surface area contributed by atoms with Crippen molar-refractivity contribution in [3.8, 4) is 22.6 Å². The average molecular weight is 292 g/mol. The zero-order valence-electron chi connectivity index (χ0n) is 12.7. The topological polar surface area (TPSA) is 64.3 Å². The zero-order chi connectivity index (χ0) is 15.3. The van der Waals surface area contributed by atoms with Gasteiger partial charge in [0.15, 0.2) is 5.65 Å². The Morgan fingerprint density at radius 1 is 1.05 bits per heavy atom. The van der Waals surface area contributed by atoms with Crippen LogP contribution < -0.4 is 0 Å². The van der Waals surface area contributed by atoms with Crippen LogP contribution in [0.5, 0.6) is 0 Å². The van der Waals surface area contributed by atoms with Crippen molar-refractivity contribution < 1.29 is 0 Å². The van der Waals surface area contributed by atoms with Crippen LogP contribution in [-0.4, -0.2) is 29.5 Å². The molecular formula is C16H16N6. The molecule has 0 amide bonds. The highest BCUT2D eigenvalue weighted by molar-refractivity contribution is 5.90. The minimum Gasteiger partial charge on any atom is -0.335 e. The third-order valence-corrected chi connectivity index (χ3v) is 4.02. The summed E-state index contributed by atoms with van der Waals surface area (Å²) in [6.45, 7) is 2.03. The minimum atomic E-state index is 0.825. The molecule has 0 atom stereocenters. The lowest BCUT2D eigenvalue weighted by Crippen LogP contribution is -1.94. The van der Waals surface area contributed by atoms with Crippen molar-refractivity contribution in [2.45, 2.75) is 6.92 Å². The highest BCUT2D eigenvalue weighted by atomic mass is 15.3. The van der Waals surface area contributed by atoms with Crippen LogP contribution in [0.2, 0.25) is 0 Å². The molecule has 1 N–H and O–H groups in total. The van der Waals surface area contributed by atoms with Gasteiger partial charge < -0.3 is 4.98 Å². The Labute approximate surface area is 127 Å². The van der Waals surface area contributed by atoms with Gasteiger partial charge in [-0.1, -0.05) is 30.3 Å². The van der Waals surface area contributed by atoms with Gasteiger partial charge in [0, 0.05) is 25.4 Å². The number of aromatic amines is 1. The number of nitrogens with zero attached hydrogens (tertiary/aromatic N) is 5. The van der Waals surface area contributed by atoms with E-state index in [0.717, 1.165) is 39.5 Å². The van der Waals surface area contributed by atoms with Gasteiger partial charge in [-0.2, -0.15) is 10.2 Å². The van der Waals surface area contributed by atoms with Gasteiger partial charge >= 0.3 is 0 Å². The lowest BCUT2D eigenvalue weighted by atomic mass is 10.1. The SMILES string of the molecule is Cc1c(-c2nc3c([nH]2)c(-c2ccccc2)nn3C)cnn1C. The second-order valence-corrected chi connectivity index (χ2v) is 5.39. The number of aromatic nitrogens is 6. The fraction of sp³-hybridized carbons (Fsp3) is 0.188. The van der Waals surface area contributed by atoms with Crippen LogP contribution in [-0.2, 0) is 14.1 Å². The van der Waals surface area contributed by atoms with Crippen molar-refractivity contribution in [3.63, 3.8) is 0 Å². The summed E-state index contributed by atoms with van der Waals surface area (Å²) in [5.41, 5.74) is 5.87. The first kappa shape index (κ1) is 12.8. The first-order valence-electron chi connectivity index (χ1n) is 7.12. The van der Waals surface area contributed by atoms with E-state index in [4.69, 9.17) is 4.98 Å². The summed E-state index contributed by atoms with van der Waals surface area (Å²) in [5.74, 6) is 0.825. The molecule has 0 aliphatic rings. The molecule has 0 saturated heterocycles. The third kappa shape index (κ3) is 1.77. The number of imidazole rings is 1. The van der Waals surface area contributed by atoms with E-state index >= 15 is 0 Å². The summed E-state index contributed by atoms with van der Waals surface area (Å²) in [4.78, 5) is 8.10. The summed E-state index contributed by atoms with van der Waals surface area (Å²) in [6, 6.07) is 10.1. The molecule has 3 heterocycles. The monoisotopic (exact) mass is 292 g/mol. The molecule has 22 heavy (non-hydrogen) atoms. The average Bonchev–Trinajstić information content (AvgIpc) is 3.18. The van der Waals surface area contributed by atoms with Gasteiger partial charge in [0.25, 0.3) is 0 Å². The summed E-state index contributed by atoms with van der Waals surface area (Å²) < 4.78 is 3.66. The molecule has 1 aromatic carbocycles. The van der Waals surface area contributed by atoms with Crippen LogP contribution in [0.25, 0.3) is 33.8 Å². The standard InChI is InChI=1S/C16H16N6/c1-10-12(9-17-21(10)2)15-18-14-13(11-7-5-4-6-8-11)20-22(3)16(14)19-15/h4-9H,1-3H3,(H,18,19). The van der Waals surface area contributed by atoms with Crippen molar-refractivity contribution in [2.24, 2.45) is 14.1 Å². The molecule has 0 spiro atoms. The number of H-pyrrole nitrogens is 1. The van der Waals surface area contributed by atoms with Crippen molar-refractivity contribution in [1.82, 2.24) is 29.5 Å². The number of aryl methyl sites for hydroxylation is 2. The van der Waals surface area contributed by atoms with Crippen LogP contribution in [0.15, 0.2) is 36.5 Å². The molecule has 0 saturated carbocycles. The fourth-order valence-corrected chi connectivity index (χ4v) is 2.67. The first-order chi connectivity index (χ1) is 10.6. The van der Waals surface area contributed by atoms with Crippen LogP contribution in [0.4, 0.5) is 0 Å². The van der Waals surface area contributed by atoms with Gasteiger partial charge in [-0.3, -0.25) is 4.68 Å². The Kier molecular flexibility index (Phi) is 2.66. The number of rotatable bonds is 2. The lowest BCUT2D eigenvalue weighted by Gasteiger charge is -1.98. The van der Waals surface area contributed by atoms with E-state index in [1.807, 2.05) is 54.8 Å². The molecule has 4 aromatic rings. The third-order valence-electron chi connectivity index (χ3n) is 4.02. The smallest absolute Gasteiger partial charge is 0.177 e. The Bertz CT molecular complexity index is 958. The molecule has 0 unspecified atom stereocenters. The molecule has 0 aliphatic heterocycles. The van der Waals surface area contributed by atoms with E-state index in [1.54, 1.807) is 0 Å². The number of hydrogen-bond acceptors (Lipinski definition) is 3. The Balaban J connectivity index is 1.94. The summed E-state index contributed by atoms with van der Waals surface area (Å²) in [6.07, 6.45) is 1.84. The second kappa shape index (κ2) is 4.56. The van der Waals surface area contributed by atoms with Crippen LogP contribution in [0, 0.1) is 6.92 Å². The van der Waals surface area contributed by atoms with Crippen molar-refractivity contribution in [3.05, 3.63) is 42.2 Å². The number of benzene rings is 1. The van der Waals surface area contributed by atoms with Crippen molar-refractivity contribution in [1.29, 1.82) is 0 Å². The highest BCUT2D eigenvalue weighted by Crippen LogP contribution is 2.29. The molecule has 4 rings (SSSR count). The maximum atomic E-state index is 4.69. The normalized spacial score (nSPS) is 11.4. The minimum absolute atomic E-state index is 0.825. The molecule has 6 heteroatoms. The van der Waals surface area contributed by atoms with Gasteiger partial charge in [0.2, 0.25) is 0 Å². The lowest BCUT2D eigenvalue weighted by molar-refractivity contribution is 0.740. The van der Waals surface area contributed by atoms with Crippen LogP contribution >= 0.6 is 0 Å². The predicted octanol–water partition coefficient (Wildman–Crippen LogP) is 2.67. The quantitative estimate of drug-likeness (QED) is 0.618. The Morgan fingerprint density at radius 3 is 2.50 bits per heavy atom. The van der Waals surface area contributed by atoms with E-state index < -0.39 is 0 Å². The van der Waals surface area contributed by atoms with Crippen molar-refractivity contribution in [2.75, 3.05) is 0 Å². The summed E-state index contributed by atoms with van der Waals surface area (Å²) >= 11 is 0. The predicted molar refractivity (Wildman–Crippen MR) is 85.2 cm³/mol. The highest BCUT2D eigenvalue weighted by Gasteiger charge is 2.18. The second-order valence-electron chi connectivity index (χ2n) is 5.39. The summed E-state index contributed by atoms with van der Waals surface area (Å²) in [5, 5.41) is 8.87. The Morgan fingerprint density at radius 2 is 1.82 bits per heavy atom. The van der Waals surface area contributed by atoms with Crippen molar-refractivity contribution >= 4 is 11.2 Å². The van der Waals surface area contributed by atoms with Gasteiger partial charge in [-0.05, 0) is 6.92 Å². The van der Waals surface area contributed by atoms with E-state index in [1.165, 1.54) is 0 Å². The zero-order valence-corrected chi connectivity index (χ0v) is 12.7. The fourth-order valence-electron chi connectivity index (χ4n) is 2.67. The molecule has 3 aromatic heterocycles. The van der Waals surface area contributed by atoms with E-state index in [2.05, 4.69) is 27.3 Å². The molecule has 0 radical (unpaired) electrons. The molecule has 0 bridgehead atoms. The molecule has 0 aliphatic carbocycles. The van der Waals surface area contributed by atoms with Crippen LogP contribution in [0.1, 0.15) is 5.69 Å². The number of fused-ring (bicyclic) bond motifs is 1. The Hall–Kier alpha value is -2.89. The largest absolute Gasteiger partial charge is 0.335 e. The van der Waals surface area contributed by atoms with E-state index in [0.29, 0.717) is 0 Å². The van der Waals surface area contributed by atoms with Gasteiger partial charge in [-0.15, -0.1) is 0 Å². The number of hydrogen-bond donors (Lipinski definition) is 1. The van der Waals surface area contributed by atoms with E-state index in [-0.39, 0.29) is 0 Å². The molecular weight excluding hydrogens is 276 g/mol. The number of nitrogens with one attached hydrogen (secondary N) is 1. The van der Waals surface area contributed by atoms with Crippen LogP contribution in [0.3, 0.4) is 0 Å². The summed E-state index contributed by atoms with van der Waals surface area (Å²) in [7, 11) is 3.84. The van der Waals surface area contributed by atoms with Gasteiger partial charge in [-0.25, -0.2) is 9.67 Å².